The highest BCUT2D eigenvalue weighted by Crippen LogP contribution is 2.31. The first kappa shape index (κ1) is 17.7. The first-order chi connectivity index (χ1) is 12.2. The van der Waals surface area contributed by atoms with E-state index >= 15 is 0 Å². The average Bonchev–Trinajstić information content (AvgIpc) is 3.06. The fourth-order valence-electron chi connectivity index (χ4n) is 3.03. The van der Waals surface area contributed by atoms with E-state index in [1.54, 1.807) is 29.5 Å². The third-order valence-electron chi connectivity index (χ3n) is 4.43. The Kier molecular flexibility index (Phi) is 5.87. The summed E-state index contributed by atoms with van der Waals surface area (Å²) in [5.74, 6) is -0.537. The van der Waals surface area contributed by atoms with Crippen LogP contribution in [0.4, 0.5) is 5.69 Å². The van der Waals surface area contributed by atoms with Crippen molar-refractivity contribution in [1.82, 2.24) is 0 Å². The highest BCUT2D eigenvalue weighted by molar-refractivity contribution is 7.10. The minimum absolute atomic E-state index is 0.145. The molecular weight excluding hydrogens is 334 g/mol. The second-order valence-corrected chi connectivity index (χ2v) is 7.21. The minimum Gasteiger partial charge on any atom is -0.462 e. The lowest BCUT2D eigenvalue weighted by Gasteiger charge is -2.14. The number of amides is 1. The monoisotopic (exact) mass is 357 g/mol. The Bertz CT molecular complexity index is 766. The number of hydrogen-bond acceptors (Lipinski definition) is 4. The molecule has 5 heteroatoms. The summed E-state index contributed by atoms with van der Waals surface area (Å²) in [5, 5.41) is 4.84. The molecule has 1 aromatic heterocycles. The summed E-state index contributed by atoms with van der Waals surface area (Å²) < 4.78 is 5.28. The zero-order valence-electron chi connectivity index (χ0n) is 14.5. The number of thiophene rings is 1. The van der Waals surface area contributed by atoms with Crippen molar-refractivity contribution in [3.8, 4) is 0 Å². The molecule has 1 aliphatic carbocycles. The topological polar surface area (TPSA) is 55.4 Å². The van der Waals surface area contributed by atoms with Crippen LogP contribution in [0.25, 0.3) is 0 Å². The number of esters is 1. The van der Waals surface area contributed by atoms with E-state index in [9.17, 15) is 9.59 Å². The van der Waals surface area contributed by atoms with Gasteiger partial charge in [0.25, 0.3) is 5.91 Å². The van der Waals surface area contributed by atoms with Crippen LogP contribution in [0.1, 0.15) is 63.8 Å². The molecule has 132 valence electrons. The van der Waals surface area contributed by atoms with E-state index in [4.69, 9.17) is 4.74 Å². The van der Waals surface area contributed by atoms with Gasteiger partial charge in [0, 0.05) is 10.3 Å². The second kappa shape index (κ2) is 8.30. The standard InChI is InChI=1S/C20H23NO3S/c1-2-3-12-24-20(23)15-9-4-6-10-17(15)21-19(22)16-13-25-18-11-7-5-8-14(16)18/h4,6,9-10,13H,2-3,5,7-8,11-12H2,1H3,(H,21,22). The van der Waals surface area contributed by atoms with Crippen molar-refractivity contribution < 1.29 is 14.3 Å². The molecule has 25 heavy (non-hydrogen) atoms. The zero-order valence-corrected chi connectivity index (χ0v) is 15.3. The lowest BCUT2D eigenvalue weighted by Crippen LogP contribution is -2.17. The molecule has 0 aliphatic heterocycles. The van der Waals surface area contributed by atoms with Crippen LogP contribution in [0.15, 0.2) is 29.6 Å². The molecule has 0 unspecified atom stereocenters. The van der Waals surface area contributed by atoms with E-state index in [2.05, 4.69) is 5.32 Å². The number of para-hydroxylation sites is 1. The molecule has 4 nitrogen and oxygen atoms in total. The maximum atomic E-state index is 12.7. The first-order valence-corrected chi connectivity index (χ1v) is 9.75. The van der Waals surface area contributed by atoms with Gasteiger partial charge < -0.3 is 10.1 Å². The van der Waals surface area contributed by atoms with E-state index in [0.717, 1.165) is 37.7 Å². The SMILES string of the molecule is CCCCOC(=O)c1ccccc1NC(=O)c1csc2c1CCCC2. The van der Waals surface area contributed by atoms with E-state index in [0.29, 0.717) is 17.9 Å². The molecule has 0 saturated heterocycles. The van der Waals surface area contributed by atoms with Crippen LogP contribution in [0.5, 0.6) is 0 Å². The fraction of sp³-hybridized carbons (Fsp3) is 0.400. The predicted molar refractivity (Wildman–Crippen MR) is 101 cm³/mol. The normalized spacial score (nSPS) is 13.2. The van der Waals surface area contributed by atoms with Crippen molar-refractivity contribution in [1.29, 1.82) is 0 Å². The Morgan fingerprint density at radius 1 is 1.16 bits per heavy atom. The van der Waals surface area contributed by atoms with Crippen LogP contribution >= 0.6 is 11.3 Å². The van der Waals surface area contributed by atoms with Gasteiger partial charge in [0.05, 0.1) is 23.4 Å². The molecule has 1 N–H and O–H groups in total. The van der Waals surface area contributed by atoms with Gasteiger partial charge in [0.1, 0.15) is 0 Å². The zero-order chi connectivity index (χ0) is 17.6. The van der Waals surface area contributed by atoms with Crippen molar-refractivity contribution in [2.45, 2.75) is 45.4 Å². The third-order valence-corrected chi connectivity index (χ3v) is 5.52. The number of anilines is 1. The van der Waals surface area contributed by atoms with Gasteiger partial charge in [-0.1, -0.05) is 25.5 Å². The Balaban J connectivity index is 1.75. The van der Waals surface area contributed by atoms with Crippen LogP contribution < -0.4 is 5.32 Å². The number of nitrogens with one attached hydrogen (secondary N) is 1. The number of benzene rings is 1. The summed E-state index contributed by atoms with van der Waals surface area (Å²) in [5.41, 5.74) is 2.83. The van der Waals surface area contributed by atoms with Gasteiger partial charge in [-0.3, -0.25) is 4.79 Å². The number of carbonyl (C=O) groups excluding carboxylic acids is 2. The number of carbonyl (C=O) groups is 2. The maximum absolute atomic E-state index is 12.7. The highest BCUT2D eigenvalue weighted by Gasteiger charge is 2.21. The van der Waals surface area contributed by atoms with Gasteiger partial charge in [-0.05, 0) is 49.8 Å². The quantitative estimate of drug-likeness (QED) is 0.595. The van der Waals surface area contributed by atoms with Gasteiger partial charge >= 0.3 is 5.97 Å². The molecule has 0 fully saturated rings. The Hall–Kier alpha value is -2.14. The van der Waals surface area contributed by atoms with Crippen molar-refractivity contribution in [2.24, 2.45) is 0 Å². The smallest absolute Gasteiger partial charge is 0.340 e. The minimum atomic E-state index is -0.392. The summed E-state index contributed by atoms with van der Waals surface area (Å²) in [7, 11) is 0. The molecule has 0 spiro atoms. The molecule has 0 atom stereocenters. The Morgan fingerprint density at radius 3 is 2.80 bits per heavy atom. The summed E-state index contributed by atoms with van der Waals surface area (Å²) in [4.78, 5) is 26.3. The number of rotatable bonds is 6. The molecule has 1 aliphatic rings. The van der Waals surface area contributed by atoms with E-state index in [1.165, 1.54) is 16.9 Å². The van der Waals surface area contributed by atoms with Crippen molar-refractivity contribution >= 4 is 28.9 Å². The molecule has 0 bridgehead atoms. The number of unbranched alkanes of at least 4 members (excludes halogenated alkanes) is 1. The van der Waals surface area contributed by atoms with Crippen LogP contribution in [0, 0.1) is 0 Å². The second-order valence-electron chi connectivity index (χ2n) is 6.25. The maximum Gasteiger partial charge on any atom is 0.340 e. The largest absolute Gasteiger partial charge is 0.462 e. The lowest BCUT2D eigenvalue weighted by atomic mass is 9.95. The number of aryl methyl sites for hydroxylation is 1. The van der Waals surface area contributed by atoms with Gasteiger partial charge in [0.2, 0.25) is 0 Å². The molecular formula is C20H23NO3S. The number of hydrogen-bond donors (Lipinski definition) is 1. The van der Waals surface area contributed by atoms with Crippen molar-refractivity contribution in [3.63, 3.8) is 0 Å². The molecule has 1 aromatic carbocycles. The Labute approximate surface area is 152 Å². The van der Waals surface area contributed by atoms with Gasteiger partial charge in [-0.15, -0.1) is 11.3 Å². The molecule has 1 heterocycles. The van der Waals surface area contributed by atoms with E-state index in [-0.39, 0.29) is 5.91 Å². The molecule has 0 saturated carbocycles. The summed E-state index contributed by atoms with van der Waals surface area (Å²) in [6.45, 7) is 2.44. The summed E-state index contributed by atoms with van der Waals surface area (Å²) in [6.07, 6.45) is 6.15. The van der Waals surface area contributed by atoms with Crippen LogP contribution in [0.2, 0.25) is 0 Å². The van der Waals surface area contributed by atoms with Crippen molar-refractivity contribution in [3.05, 3.63) is 51.2 Å². The van der Waals surface area contributed by atoms with E-state index < -0.39 is 5.97 Å². The van der Waals surface area contributed by atoms with Gasteiger partial charge in [-0.25, -0.2) is 4.79 Å². The molecule has 3 rings (SSSR count). The van der Waals surface area contributed by atoms with Gasteiger partial charge in [-0.2, -0.15) is 0 Å². The lowest BCUT2D eigenvalue weighted by molar-refractivity contribution is 0.0501. The van der Waals surface area contributed by atoms with Gasteiger partial charge in [0.15, 0.2) is 0 Å². The highest BCUT2D eigenvalue weighted by atomic mass is 32.1. The molecule has 2 aromatic rings. The van der Waals surface area contributed by atoms with Crippen LogP contribution in [0.3, 0.4) is 0 Å². The average molecular weight is 357 g/mol. The number of fused-ring (bicyclic) bond motifs is 1. The molecule has 1 amide bonds. The summed E-state index contributed by atoms with van der Waals surface area (Å²) in [6, 6.07) is 7.01. The first-order valence-electron chi connectivity index (χ1n) is 8.87. The third kappa shape index (κ3) is 4.10. The van der Waals surface area contributed by atoms with Crippen LogP contribution in [-0.2, 0) is 17.6 Å². The summed E-state index contributed by atoms with van der Waals surface area (Å²) >= 11 is 1.66. The molecule has 0 radical (unpaired) electrons. The number of ether oxygens (including phenoxy) is 1. The van der Waals surface area contributed by atoms with Crippen molar-refractivity contribution in [2.75, 3.05) is 11.9 Å². The van der Waals surface area contributed by atoms with Crippen LogP contribution in [-0.4, -0.2) is 18.5 Å². The predicted octanol–water partition coefficient (Wildman–Crippen LogP) is 4.84. The van der Waals surface area contributed by atoms with E-state index in [1.807, 2.05) is 18.4 Å². The Morgan fingerprint density at radius 2 is 1.96 bits per heavy atom. The fourth-order valence-corrected chi connectivity index (χ4v) is 4.16.